The molecule has 1 atom stereocenters. The van der Waals surface area contributed by atoms with Crippen LogP contribution in [0.1, 0.15) is 45.7 Å². The van der Waals surface area contributed by atoms with Gasteiger partial charge in [0.05, 0.1) is 16.6 Å². The number of hydrogen-bond donors (Lipinski definition) is 2. The summed E-state index contributed by atoms with van der Waals surface area (Å²) in [6.07, 6.45) is -0.106. The molecule has 1 aliphatic rings. The molecule has 1 aromatic heterocycles. The summed E-state index contributed by atoms with van der Waals surface area (Å²) in [6.45, 7) is 9.06. The molecule has 1 saturated heterocycles. The fourth-order valence-electron chi connectivity index (χ4n) is 3.28. The van der Waals surface area contributed by atoms with Crippen LogP contribution in [0, 0.1) is 0 Å². The number of anilines is 1. The number of nitrogens with zero attached hydrogens (tertiary/aromatic N) is 2. The lowest BCUT2D eigenvalue weighted by atomic mass is 10.1. The number of rotatable bonds is 3. The summed E-state index contributed by atoms with van der Waals surface area (Å²) in [5.41, 5.74) is 0.958. The van der Waals surface area contributed by atoms with Gasteiger partial charge in [-0.05, 0) is 39.8 Å². The molecular weight excluding hydrogens is 392 g/mol. The zero-order valence-corrected chi connectivity index (χ0v) is 18.0. The van der Waals surface area contributed by atoms with Crippen molar-refractivity contribution >= 4 is 40.3 Å². The SMILES string of the molecule is C[C@H](NC(=O)OC(C)(C)C)c1cc2cccc(Cl)c2nc1N1CCNC(=O)CC1. The topological polar surface area (TPSA) is 83.6 Å². The van der Waals surface area contributed by atoms with Gasteiger partial charge in [-0.2, -0.15) is 0 Å². The van der Waals surface area contributed by atoms with E-state index in [-0.39, 0.29) is 11.9 Å². The van der Waals surface area contributed by atoms with E-state index in [9.17, 15) is 9.59 Å². The molecule has 0 aliphatic carbocycles. The number of carbonyl (C=O) groups excluding carboxylic acids is 2. The predicted octanol–water partition coefficient (Wildman–Crippen LogP) is 3.80. The quantitative estimate of drug-likeness (QED) is 0.792. The first-order valence-electron chi connectivity index (χ1n) is 9.74. The number of ether oxygens (including phenoxy) is 1. The number of hydrogen-bond acceptors (Lipinski definition) is 5. The average molecular weight is 419 g/mol. The third kappa shape index (κ3) is 5.29. The Morgan fingerprint density at radius 1 is 1.34 bits per heavy atom. The zero-order chi connectivity index (χ0) is 21.2. The van der Waals surface area contributed by atoms with Crippen LogP contribution in [0.3, 0.4) is 0 Å². The Bertz CT molecular complexity index is 926. The molecule has 2 amide bonds. The highest BCUT2D eigenvalue weighted by Gasteiger charge is 2.24. The maximum Gasteiger partial charge on any atom is 0.408 e. The molecular formula is C21H27ClN4O3. The van der Waals surface area contributed by atoms with Crippen molar-refractivity contribution in [2.24, 2.45) is 0 Å². The average Bonchev–Trinajstić information content (AvgIpc) is 2.84. The van der Waals surface area contributed by atoms with Gasteiger partial charge in [0.1, 0.15) is 11.4 Å². The fraction of sp³-hybridized carbons (Fsp3) is 0.476. The van der Waals surface area contributed by atoms with Crippen molar-refractivity contribution in [2.45, 2.75) is 45.8 Å². The van der Waals surface area contributed by atoms with Crippen LogP contribution in [0.5, 0.6) is 0 Å². The highest BCUT2D eigenvalue weighted by atomic mass is 35.5. The number of amides is 2. The van der Waals surface area contributed by atoms with E-state index in [1.807, 2.05) is 45.9 Å². The van der Waals surface area contributed by atoms with E-state index >= 15 is 0 Å². The van der Waals surface area contributed by atoms with Crippen LogP contribution in [-0.2, 0) is 9.53 Å². The zero-order valence-electron chi connectivity index (χ0n) is 17.2. The summed E-state index contributed by atoms with van der Waals surface area (Å²) < 4.78 is 5.40. The van der Waals surface area contributed by atoms with E-state index in [4.69, 9.17) is 21.3 Å². The van der Waals surface area contributed by atoms with Gasteiger partial charge in [-0.3, -0.25) is 4.79 Å². The second-order valence-electron chi connectivity index (χ2n) is 8.17. The van der Waals surface area contributed by atoms with Gasteiger partial charge in [-0.15, -0.1) is 0 Å². The van der Waals surface area contributed by atoms with Crippen molar-refractivity contribution in [1.29, 1.82) is 0 Å². The van der Waals surface area contributed by atoms with Gasteiger partial charge >= 0.3 is 6.09 Å². The van der Waals surface area contributed by atoms with Crippen LogP contribution in [0.25, 0.3) is 10.9 Å². The minimum Gasteiger partial charge on any atom is -0.444 e. The molecule has 1 aromatic carbocycles. The number of nitrogens with one attached hydrogen (secondary N) is 2. The van der Waals surface area contributed by atoms with Gasteiger partial charge in [0.25, 0.3) is 0 Å². The van der Waals surface area contributed by atoms with Crippen LogP contribution in [0.15, 0.2) is 24.3 Å². The molecule has 0 spiro atoms. The van der Waals surface area contributed by atoms with E-state index in [1.54, 1.807) is 6.07 Å². The number of carbonyl (C=O) groups is 2. The van der Waals surface area contributed by atoms with E-state index < -0.39 is 11.7 Å². The van der Waals surface area contributed by atoms with Gasteiger partial charge in [0.2, 0.25) is 5.91 Å². The Labute approximate surface area is 175 Å². The van der Waals surface area contributed by atoms with E-state index in [1.165, 1.54) is 0 Å². The molecule has 2 N–H and O–H groups in total. The van der Waals surface area contributed by atoms with Gasteiger partial charge < -0.3 is 20.3 Å². The first kappa shape index (κ1) is 21.2. The highest BCUT2D eigenvalue weighted by molar-refractivity contribution is 6.35. The van der Waals surface area contributed by atoms with Gasteiger partial charge in [-0.1, -0.05) is 23.7 Å². The van der Waals surface area contributed by atoms with E-state index in [0.29, 0.717) is 42.4 Å². The van der Waals surface area contributed by atoms with Gasteiger partial charge in [-0.25, -0.2) is 9.78 Å². The molecule has 7 nitrogen and oxygen atoms in total. The van der Waals surface area contributed by atoms with Crippen molar-refractivity contribution in [3.05, 3.63) is 34.9 Å². The Kier molecular flexibility index (Phi) is 6.17. The molecule has 1 aliphatic heterocycles. The number of aromatic nitrogens is 1. The van der Waals surface area contributed by atoms with Crippen molar-refractivity contribution in [2.75, 3.05) is 24.5 Å². The molecule has 0 unspecified atom stereocenters. The van der Waals surface area contributed by atoms with Crippen molar-refractivity contribution in [3.63, 3.8) is 0 Å². The minimum absolute atomic E-state index is 0.0211. The predicted molar refractivity (Wildman–Crippen MR) is 114 cm³/mol. The van der Waals surface area contributed by atoms with Crippen molar-refractivity contribution < 1.29 is 14.3 Å². The normalized spacial score (nSPS) is 16.2. The molecule has 8 heteroatoms. The number of pyridine rings is 1. The first-order valence-corrected chi connectivity index (χ1v) is 10.1. The number of benzene rings is 1. The Balaban J connectivity index is 1.99. The third-order valence-corrected chi connectivity index (χ3v) is 4.92. The Morgan fingerprint density at radius 3 is 2.83 bits per heavy atom. The van der Waals surface area contributed by atoms with Crippen LogP contribution in [0.2, 0.25) is 5.02 Å². The second-order valence-corrected chi connectivity index (χ2v) is 8.57. The summed E-state index contributed by atoms with van der Waals surface area (Å²) >= 11 is 6.38. The molecule has 2 aromatic rings. The molecule has 0 saturated carbocycles. The highest BCUT2D eigenvalue weighted by Crippen LogP contribution is 2.32. The summed E-state index contributed by atoms with van der Waals surface area (Å²) in [6, 6.07) is 7.26. The summed E-state index contributed by atoms with van der Waals surface area (Å²) in [5, 5.41) is 7.22. The minimum atomic E-state index is -0.585. The lowest BCUT2D eigenvalue weighted by molar-refractivity contribution is -0.120. The van der Waals surface area contributed by atoms with Crippen LogP contribution >= 0.6 is 11.6 Å². The third-order valence-electron chi connectivity index (χ3n) is 4.62. The molecule has 29 heavy (non-hydrogen) atoms. The smallest absolute Gasteiger partial charge is 0.408 e. The largest absolute Gasteiger partial charge is 0.444 e. The Hall–Kier alpha value is -2.54. The maximum atomic E-state index is 12.3. The monoisotopic (exact) mass is 418 g/mol. The summed E-state index contributed by atoms with van der Waals surface area (Å²) in [4.78, 5) is 31.0. The second kappa shape index (κ2) is 8.45. The molecule has 0 radical (unpaired) electrons. The number of alkyl carbamates (subject to hydrolysis) is 1. The number of para-hydroxylation sites is 1. The molecule has 156 valence electrons. The van der Waals surface area contributed by atoms with Crippen LogP contribution in [0.4, 0.5) is 10.6 Å². The van der Waals surface area contributed by atoms with Gasteiger partial charge in [0.15, 0.2) is 0 Å². The molecule has 2 heterocycles. The number of fused-ring (bicyclic) bond motifs is 1. The molecule has 3 rings (SSSR count). The van der Waals surface area contributed by atoms with E-state index in [0.717, 1.165) is 10.9 Å². The lowest BCUT2D eigenvalue weighted by Gasteiger charge is -2.27. The number of halogens is 1. The molecule has 1 fully saturated rings. The standard InChI is InChI=1S/C21H27ClN4O3/c1-13(24-20(28)29-21(2,3)4)15-12-14-6-5-7-16(22)18(14)25-19(15)26-10-8-17(27)23-9-11-26/h5-7,12-13H,8-11H2,1-4H3,(H,23,27)(H,24,28)/t13-/m0/s1. The summed E-state index contributed by atoms with van der Waals surface area (Å²) in [5.74, 6) is 0.735. The molecule has 0 bridgehead atoms. The van der Waals surface area contributed by atoms with Crippen molar-refractivity contribution in [1.82, 2.24) is 15.6 Å². The van der Waals surface area contributed by atoms with E-state index in [2.05, 4.69) is 15.5 Å². The van der Waals surface area contributed by atoms with Gasteiger partial charge in [0, 0.05) is 37.0 Å². The maximum absolute atomic E-state index is 12.3. The summed E-state index contributed by atoms with van der Waals surface area (Å²) in [7, 11) is 0. The Morgan fingerprint density at radius 2 is 2.10 bits per heavy atom. The fourth-order valence-corrected chi connectivity index (χ4v) is 3.51. The van der Waals surface area contributed by atoms with Crippen LogP contribution in [-0.4, -0.2) is 42.2 Å². The van der Waals surface area contributed by atoms with Crippen LogP contribution < -0.4 is 15.5 Å². The first-order chi connectivity index (χ1) is 13.6. The lowest BCUT2D eigenvalue weighted by Crippen LogP contribution is -2.35. The van der Waals surface area contributed by atoms with Crippen molar-refractivity contribution in [3.8, 4) is 0 Å².